The van der Waals surface area contributed by atoms with Gasteiger partial charge in [0.1, 0.15) is 13.2 Å². The predicted molar refractivity (Wildman–Crippen MR) is 179 cm³/mol. The van der Waals surface area contributed by atoms with Crippen molar-refractivity contribution in [2.45, 2.75) is 0 Å². The summed E-state index contributed by atoms with van der Waals surface area (Å²) < 4.78 is 16.6. The van der Waals surface area contributed by atoms with Crippen LogP contribution in [0.15, 0.2) is 9.98 Å². The maximum atomic E-state index is 11.9. The van der Waals surface area contributed by atoms with Crippen LogP contribution in [0.4, 0.5) is 9.59 Å². The summed E-state index contributed by atoms with van der Waals surface area (Å²) in [7, 11) is 0. The Kier molecular flexibility index (Phi) is 34.1. The van der Waals surface area contributed by atoms with Crippen molar-refractivity contribution in [1.82, 2.24) is 10.6 Å². The number of amides is 2. The number of rotatable bonds is 27. The van der Waals surface area contributed by atoms with E-state index in [4.69, 9.17) is 10.2 Å². The molecule has 0 aliphatic carbocycles. The number of hydrogen-bond acceptors (Lipinski definition) is 18. The second-order valence-corrected chi connectivity index (χ2v) is 17.2. The third-order valence-electron chi connectivity index (χ3n) is 2.99. The van der Waals surface area contributed by atoms with Gasteiger partial charge in [0, 0.05) is 36.6 Å². The Balaban J connectivity index is 3.39. The molecule has 0 saturated heterocycles. The van der Waals surface area contributed by atoms with E-state index in [9.17, 15) is 14.1 Å². The molecular weight excluding hydrogens is 689 g/mol. The lowest BCUT2D eigenvalue weighted by molar-refractivity contribution is -0.221. The molecule has 0 aromatic carbocycles. The Morgan fingerprint density at radius 1 is 0.821 bits per heavy atom. The molecule has 0 heterocycles. The number of nitrogens with zero attached hydrogens (tertiary/aromatic N) is 2. The first-order chi connectivity index (χ1) is 19.1. The van der Waals surface area contributed by atoms with Crippen LogP contribution in [0.2, 0.25) is 0 Å². The number of aliphatic hydroxyl groups is 2. The molecule has 0 rings (SSSR count). The molecule has 0 spiro atoms. The first kappa shape index (κ1) is 39.9. The second kappa shape index (κ2) is 33.4. The first-order valence-electron chi connectivity index (χ1n) is 10.8. The summed E-state index contributed by atoms with van der Waals surface area (Å²) in [6, 6.07) is 0. The zero-order chi connectivity index (χ0) is 28.7. The van der Waals surface area contributed by atoms with Crippen molar-refractivity contribution in [2.24, 2.45) is 9.98 Å². The largest absolute Gasteiger partial charge is 0.610 e. The minimum Gasteiger partial charge on any atom is -0.610 e. The average molecular weight is 723 g/mol. The van der Waals surface area contributed by atoms with E-state index in [0.29, 0.717) is 33.7 Å². The highest BCUT2D eigenvalue weighted by Crippen LogP contribution is 2.22. The van der Waals surface area contributed by atoms with E-state index in [1.165, 1.54) is 35.5 Å². The van der Waals surface area contributed by atoms with Gasteiger partial charge in [0.2, 0.25) is 11.9 Å². The second-order valence-electron chi connectivity index (χ2n) is 5.93. The van der Waals surface area contributed by atoms with Gasteiger partial charge in [-0.25, -0.2) is 14.8 Å². The van der Waals surface area contributed by atoms with Crippen molar-refractivity contribution in [3.8, 4) is 0 Å². The zero-order valence-electron chi connectivity index (χ0n) is 21.0. The van der Waals surface area contributed by atoms with Crippen LogP contribution in [0.5, 0.6) is 0 Å². The minimum atomic E-state index is -1.11. The highest BCUT2D eigenvalue weighted by atomic mass is 32.3. The van der Waals surface area contributed by atoms with Gasteiger partial charge in [0.05, 0.1) is 36.7 Å². The lowest BCUT2D eigenvalue weighted by Crippen LogP contribution is -2.24. The number of thioether (sulfide) groups is 8. The van der Waals surface area contributed by atoms with Gasteiger partial charge in [0.25, 0.3) is 5.24 Å². The number of nitrogens with one attached hydrogen (secondary N) is 2. The van der Waals surface area contributed by atoms with Gasteiger partial charge >= 0.3 is 6.09 Å². The Morgan fingerprint density at radius 3 is 2.21 bits per heavy atom. The van der Waals surface area contributed by atoms with Gasteiger partial charge in [0.15, 0.2) is 5.08 Å². The van der Waals surface area contributed by atoms with Crippen LogP contribution in [-0.2, 0) is 25.7 Å². The van der Waals surface area contributed by atoms with E-state index in [0.717, 1.165) is 20.3 Å². The van der Waals surface area contributed by atoms with Crippen molar-refractivity contribution >= 4 is 129 Å². The quantitative estimate of drug-likeness (QED) is 0.0184. The Labute approximate surface area is 266 Å². The van der Waals surface area contributed by atoms with Gasteiger partial charge in [-0.2, -0.15) is 4.89 Å². The molecule has 21 heteroatoms. The van der Waals surface area contributed by atoms with E-state index in [-0.39, 0.29) is 31.7 Å². The highest BCUT2D eigenvalue weighted by Gasteiger charge is 2.04. The van der Waals surface area contributed by atoms with E-state index < -0.39 is 17.3 Å². The molecule has 0 bridgehead atoms. The first-order valence-corrected chi connectivity index (χ1v) is 21.3. The molecule has 2 amide bonds. The maximum Gasteiger partial charge on any atom is 0.407 e. The van der Waals surface area contributed by atoms with E-state index >= 15 is 0 Å². The van der Waals surface area contributed by atoms with Crippen LogP contribution >= 0.6 is 94.1 Å². The van der Waals surface area contributed by atoms with E-state index in [1.54, 1.807) is 70.6 Å². The monoisotopic (exact) mass is 722 g/mol. The molecule has 0 aliphatic heterocycles. The molecule has 0 saturated carbocycles. The molecule has 0 radical (unpaired) electrons. The molecule has 1 atom stereocenters. The van der Waals surface area contributed by atoms with Gasteiger partial charge in [-0.3, -0.25) is 4.79 Å². The minimum absolute atomic E-state index is 0.0194. The summed E-state index contributed by atoms with van der Waals surface area (Å²) in [5.41, 5.74) is 1.47. The van der Waals surface area contributed by atoms with Crippen LogP contribution in [0.3, 0.4) is 0 Å². The lowest BCUT2D eigenvalue weighted by Gasteiger charge is -2.06. The molecule has 1 unspecified atom stereocenters. The summed E-state index contributed by atoms with van der Waals surface area (Å²) in [6.07, 6.45) is 0.635. The van der Waals surface area contributed by atoms with Crippen LogP contribution in [-0.4, -0.2) is 118 Å². The Bertz CT molecular complexity index is 647. The topological polar surface area (TPSA) is 174 Å². The van der Waals surface area contributed by atoms with Crippen LogP contribution in [0, 0.1) is 0 Å². The molecular formula is C18H34N4O8S9. The molecule has 228 valence electrons. The standard InChI is InChI=1S/C18H34N4O8S9/c23-1-3-28-17(25)21-8-33-12-32-7-20-10-39(27)16-37-14-35-13-36-15-38-18(26)22-9-34-11-31-6-19-5-30-29-4-2-24/h5,10,23-24H,1-4,6-9,11-16H2,(H,21,25)(H,22,26)/b19-5-,20-10+. The number of alkyl carbamates (subject to hydrolysis) is 1. The van der Waals surface area contributed by atoms with Crippen molar-refractivity contribution in [1.29, 1.82) is 0 Å². The van der Waals surface area contributed by atoms with Crippen LogP contribution < -0.4 is 10.6 Å². The summed E-state index contributed by atoms with van der Waals surface area (Å²) in [4.78, 5) is 40.2. The molecule has 0 fully saturated rings. The zero-order valence-corrected chi connectivity index (χ0v) is 28.3. The third kappa shape index (κ3) is 33.2. The van der Waals surface area contributed by atoms with Crippen molar-refractivity contribution < 1.29 is 38.9 Å². The van der Waals surface area contributed by atoms with Crippen molar-refractivity contribution in [3.05, 3.63) is 0 Å². The number of carbonyl (C=O) groups excluding carboxylic acids is 2. The maximum absolute atomic E-state index is 11.9. The molecule has 39 heavy (non-hydrogen) atoms. The van der Waals surface area contributed by atoms with Gasteiger partial charge in [-0.15, -0.1) is 70.6 Å². The fraction of sp³-hybridized carbons (Fsp3) is 0.778. The molecule has 12 nitrogen and oxygen atoms in total. The number of hydrogen-bond donors (Lipinski definition) is 4. The SMILES string of the molecule is O=C(NCSCSC/N=C/[S+]([O-])CSCSCSCSC(=O)NCSCSC/N=C\OOCCO)OCCO. The number of carbonyl (C=O) groups is 2. The summed E-state index contributed by atoms with van der Waals surface area (Å²) >= 11 is 11.3. The smallest absolute Gasteiger partial charge is 0.407 e. The highest BCUT2D eigenvalue weighted by molar-refractivity contribution is 8.30. The fourth-order valence-electron chi connectivity index (χ4n) is 1.56. The van der Waals surface area contributed by atoms with Crippen molar-refractivity contribution in [2.75, 3.05) is 80.4 Å². The van der Waals surface area contributed by atoms with Crippen LogP contribution in [0.1, 0.15) is 0 Å². The summed E-state index contributed by atoms with van der Waals surface area (Å²) in [6.45, 7) is -0.229. The van der Waals surface area contributed by atoms with E-state index in [1.807, 2.05) is 0 Å². The molecule has 4 N–H and O–H groups in total. The normalized spacial score (nSPS) is 12.2. The third-order valence-corrected chi connectivity index (χ3v) is 13.2. The number of ether oxygens (including phenoxy) is 1. The van der Waals surface area contributed by atoms with Gasteiger partial charge in [-0.05, 0) is 0 Å². The summed E-state index contributed by atoms with van der Waals surface area (Å²) in [5.74, 6) is 1.96. The Morgan fingerprint density at radius 2 is 1.46 bits per heavy atom. The van der Waals surface area contributed by atoms with Gasteiger partial charge in [-0.1, -0.05) is 23.5 Å². The average Bonchev–Trinajstić information content (AvgIpc) is 2.93. The lowest BCUT2D eigenvalue weighted by atomic mass is 10.8. The molecule has 0 aliphatic rings. The van der Waals surface area contributed by atoms with Gasteiger partial charge < -0.3 is 35.0 Å². The summed E-state index contributed by atoms with van der Waals surface area (Å²) in [5, 5.41) is 26.7. The number of aliphatic imine (C=N–C) groups is 2. The van der Waals surface area contributed by atoms with Crippen LogP contribution in [0.25, 0.3) is 0 Å². The fourth-order valence-corrected chi connectivity index (χ4v) is 10.4. The van der Waals surface area contributed by atoms with E-state index in [2.05, 4.69) is 35.1 Å². The predicted octanol–water partition coefficient (Wildman–Crippen LogP) is 3.60. The van der Waals surface area contributed by atoms with Crippen molar-refractivity contribution in [3.63, 3.8) is 0 Å². The molecule has 0 aromatic heterocycles. The number of aliphatic hydroxyl groups excluding tert-OH is 2. The molecule has 0 aromatic rings. The Hall–Kier alpha value is 0.870.